The molecule has 20 heavy (non-hydrogen) atoms. The monoisotopic (exact) mass is 293 g/mol. The predicted molar refractivity (Wildman–Crippen MR) is 83.8 cm³/mol. The average Bonchev–Trinajstić information content (AvgIpc) is 3.08. The zero-order valence-corrected chi connectivity index (χ0v) is 13.0. The van der Waals surface area contributed by atoms with Crippen molar-refractivity contribution in [1.82, 2.24) is 5.32 Å². The number of fused-ring (bicyclic) bond motifs is 1. The third-order valence-electron chi connectivity index (χ3n) is 4.70. The predicted octanol–water partition coefficient (Wildman–Crippen LogP) is 3.99. The van der Waals surface area contributed by atoms with Gasteiger partial charge in [0, 0.05) is 17.5 Å². The van der Waals surface area contributed by atoms with E-state index in [1.54, 1.807) is 0 Å². The van der Waals surface area contributed by atoms with Crippen molar-refractivity contribution in [3.8, 4) is 5.75 Å². The van der Waals surface area contributed by atoms with Crippen LogP contribution in [0.5, 0.6) is 5.75 Å². The maximum absolute atomic E-state index is 6.27. The molecule has 3 heteroatoms. The summed E-state index contributed by atoms with van der Waals surface area (Å²) < 4.78 is 5.84. The summed E-state index contributed by atoms with van der Waals surface area (Å²) in [5, 5.41) is 4.54. The Labute approximate surface area is 126 Å². The first-order valence-corrected chi connectivity index (χ1v) is 8.33. The first-order chi connectivity index (χ1) is 9.78. The molecule has 1 aliphatic carbocycles. The van der Waals surface area contributed by atoms with E-state index in [1.165, 1.54) is 36.8 Å². The Morgan fingerprint density at radius 1 is 1.35 bits per heavy atom. The first-order valence-electron chi connectivity index (χ1n) is 7.95. The minimum absolute atomic E-state index is 0.564. The van der Waals surface area contributed by atoms with Gasteiger partial charge in [-0.25, -0.2) is 0 Å². The van der Waals surface area contributed by atoms with Crippen molar-refractivity contribution in [2.75, 3.05) is 13.2 Å². The number of hydrogen-bond donors (Lipinski definition) is 1. The standard InChI is InChI=1S/C17H24ClNO/c1-2-19-16(12-5-3-4-6-12)11-14-10-15(18)9-13-7-8-20-17(13)14/h9-10,12,16,19H,2-8,11H2,1H3. The number of benzene rings is 1. The van der Waals surface area contributed by atoms with Crippen LogP contribution in [0, 0.1) is 5.92 Å². The highest BCUT2D eigenvalue weighted by molar-refractivity contribution is 6.30. The highest BCUT2D eigenvalue weighted by Gasteiger charge is 2.27. The van der Waals surface area contributed by atoms with Crippen molar-refractivity contribution in [2.45, 2.75) is 51.5 Å². The lowest BCUT2D eigenvalue weighted by molar-refractivity contribution is 0.338. The topological polar surface area (TPSA) is 21.3 Å². The van der Waals surface area contributed by atoms with Crippen LogP contribution >= 0.6 is 11.6 Å². The number of rotatable bonds is 5. The molecule has 2 aliphatic rings. The number of ether oxygens (including phenoxy) is 1. The molecule has 0 spiro atoms. The molecule has 110 valence electrons. The van der Waals surface area contributed by atoms with E-state index in [2.05, 4.69) is 24.4 Å². The van der Waals surface area contributed by atoms with E-state index >= 15 is 0 Å². The van der Waals surface area contributed by atoms with Gasteiger partial charge in [-0.15, -0.1) is 0 Å². The van der Waals surface area contributed by atoms with Gasteiger partial charge in [0.2, 0.25) is 0 Å². The van der Waals surface area contributed by atoms with Crippen LogP contribution in [0.15, 0.2) is 12.1 Å². The summed E-state index contributed by atoms with van der Waals surface area (Å²) in [5.74, 6) is 1.92. The quantitative estimate of drug-likeness (QED) is 0.886. The first kappa shape index (κ1) is 14.2. The Hall–Kier alpha value is -0.730. The van der Waals surface area contributed by atoms with Crippen molar-refractivity contribution in [2.24, 2.45) is 5.92 Å². The molecule has 0 radical (unpaired) electrons. The summed E-state index contributed by atoms with van der Waals surface area (Å²) in [7, 11) is 0. The lowest BCUT2D eigenvalue weighted by Gasteiger charge is -2.25. The summed E-state index contributed by atoms with van der Waals surface area (Å²) in [6.07, 6.45) is 7.54. The van der Waals surface area contributed by atoms with Gasteiger partial charge in [-0.3, -0.25) is 0 Å². The Bertz CT molecular complexity index is 468. The SMILES string of the molecule is CCNC(Cc1cc(Cl)cc2c1OCC2)C1CCCC1. The second kappa shape index (κ2) is 6.36. The van der Waals surface area contributed by atoms with E-state index in [1.807, 2.05) is 0 Å². The third-order valence-corrected chi connectivity index (χ3v) is 4.92. The van der Waals surface area contributed by atoms with Gasteiger partial charge in [-0.05, 0) is 55.0 Å². The van der Waals surface area contributed by atoms with E-state index in [-0.39, 0.29) is 0 Å². The Kier molecular flexibility index (Phi) is 4.52. The molecule has 1 unspecified atom stereocenters. The highest BCUT2D eigenvalue weighted by atomic mass is 35.5. The molecule has 1 fully saturated rings. The number of halogens is 1. The summed E-state index contributed by atoms with van der Waals surface area (Å²) in [4.78, 5) is 0. The fourth-order valence-corrected chi connectivity index (χ4v) is 4.03. The third kappa shape index (κ3) is 2.96. The second-order valence-electron chi connectivity index (χ2n) is 6.06. The molecule has 1 aromatic rings. The molecule has 1 aromatic carbocycles. The molecular weight excluding hydrogens is 270 g/mol. The van der Waals surface area contributed by atoms with Crippen molar-refractivity contribution in [3.05, 3.63) is 28.3 Å². The molecular formula is C17H24ClNO. The van der Waals surface area contributed by atoms with Crippen LogP contribution in [-0.2, 0) is 12.8 Å². The molecule has 1 N–H and O–H groups in total. The number of nitrogens with one attached hydrogen (secondary N) is 1. The van der Waals surface area contributed by atoms with E-state index in [0.717, 1.165) is 42.7 Å². The summed E-state index contributed by atoms with van der Waals surface area (Å²) in [6.45, 7) is 4.03. The molecule has 3 rings (SSSR count). The highest BCUT2D eigenvalue weighted by Crippen LogP contribution is 2.36. The maximum atomic E-state index is 6.27. The fraction of sp³-hybridized carbons (Fsp3) is 0.647. The van der Waals surface area contributed by atoms with Crippen LogP contribution in [0.1, 0.15) is 43.7 Å². The molecule has 0 amide bonds. The summed E-state index contributed by atoms with van der Waals surface area (Å²) >= 11 is 6.27. The van der Waals surface area contributed by atoms with Gasteiger partial charge in [0.05, 0.1) is 6.61 Å². The van der Waals surface area contributed by atoms with Crippen LogP contribution in [0.3, 0.4) is 0 Å². The molecule has 1 atom stereocenters. The second-order valence-corrected chi connectivity index (χ2v) is 6.50. The van der Waals surface area contributed by atoms with Crippen LogP contribution < -0.4 is 10.1 Å². The van der Waals surface area contributed by atoms with Gasteiger partial charge < -0.3 is 10.1 Å². The largest absolute Gasteiger partial charge is 0.493 e. The maximum Gasteiger partial charge on any atom is 0.125 e. The van der Waals surface area contributed by atoms with Gasteiger partial charge >= 0.3 is 0 Å². The molecule has 1 heterocycles. The van der Waals surface area contributed by atoms with E-state index in [0.29, 0.717) is 6.04 Å². The van der Waals surface area contributed by atoms with E-state index in [9.17, 15) is 0 Å². The van der Waals surface area contributed by atoms with E-state index in [4.69, 9.17) is 16.3 Å². The van der Waals surface area contributed by atoms with Gasteiger partial charge in [-0.1, -0.05) is 31.4 Å². The van der Waals surface area contributed by atoms with Crippen LogP contribution in [0.4, 0.5) is 0 Å². The van der Waals surface area contributed by atoms with Crippen molar-refractivity contribution in [1.29, 1.82) is 0 Å². The lowest BCUT2D eigenvalue weighted by Crippen LogP contribution is -2.37. The van der Waals surface area contributed by atoms with Gasteiger partial charge in [0.1, 0.15) is 5.75 Å². The minimum atomic E-state index is 0.564. The molecule has 1 saturated carbocycles. The van der Waals surface area contributed by atoms with Gasteiger partial charge in [0.15, 0.2) is 0 Å². The smallest absolute Gasteiger partial charge is 0.125 e. The summed E-state index contributed by atoms with van der Waals surface area (Å²) in [5.41, 5.74) is 2.58. The average molecular weight is 294 g/mol. The molecule has 1 aliphatic heterocycles. The zero-order chi connectivity index (χ0) is 13.9. The fourth-order valence-electron chi connectivity index (χ4n) is 3.76. The Balaban J connectivity index is 1.81. The van der Waals surface area contributed by atoms with E-state index < -0.39 is 0 Å². The lowest BCUT2D eigenvalue weighted by atomic mass is 9.91. The molecule has 2 nitrogen and oxygen atoms in total. The molecule has 0 bridgehead atoms. The molecule has 0 saturated heterocycles. The summed E-state index contributed by atoms with van der Waals surface area (Å²) in [6, 6.07) is 4.73. The van der Waals surface area contributed by atoms with Gasteiger partial charge in [0.25, 0.3) is 0 Å². The zero-order valence-electron chi connectivity index (χ0n) is 12.3. The van der Waals surface area contributed by atoms with Gasteiger partial charge in [-0.2, -0.15) is 0 Å². The van der Waals surface area contributed by atoms with Crippen molar-refractivity contribution >= 4 is 11.6 Å². The van der Waals surface area contributed by atoms with Crippen LogP contribution in [0.2, 0.25) is 5.02 Å². The van der Waals surface area contributed by atoms with Crippen LogP contribution in [0.25, 0.3) is 0 Å². The normalized spacial score (nSPS) is 19.9. The van der Waals surface area contributed by atoms with Crippen molar-refractivity contribution < 1.29 is 4.74 Å². The Morgan fingerprint density at radius 3 is 2.90 bits per heavy atom. The molecule has 0 aromatic heterocycles. The van der Waals surface area contributed by atoms with Crippen LogP contribution in [-0.4, -0.2) is 19.2 Å². The Morgan fingerprint density at radius 2 is 2.15 bits per heavy atom. The number of hydrogen-bond acceptors (Lipinski definition) is 2. The number of likely N-dealkylation sites (N-methyl/N-ethyl adjacent to an activating group) is 1. The van der Waals surface area contributed by atoms with Crippen molar-refractivity contribution in [3.63, 3.8) is 0 Å². The minimum Gasteiger partial charge on any atom is -0.493 e.